The molecule has 0 saturated carbocycles. The number of benzene rings is 2. The van der Waals surface area contributed by atoms with Crippen LogP contribution < -0.4 is 10.9 Å². The number of amides is 1. The topological polar surface area (TPSA) is 79.8 Å². The average Bonchev–Trinajstić information content (AvgIpc) is 3.03. The number of fused-ring (bicyclic) bond motifs is 3. The highest BCUT2D eigenvalue weighted by Crippen LogP contribution is 2.22. The summed E-state index contributed by atoms with van der Waals surface area (Å²) in [4.78, 5) is 32.7. The summed E-state index contributed by atoms with van der Waals surface area (Å²) in [5.74, 6) is -0.137. The Morgan fingerprint density at radius 2 is 1.93 bits per heavy atom. The van der Waals surface area contributed by atoms with Gasteiger partial charge >= 0.3 is 0 Å². The first-order valence-electron chi connectivity index (χ1n) is 9.27. The van der Waals surface area contributed by atoms with Crippen LogP contribution in [0.5, 0.6) is 0 Å². The minimum Gasteiger partial charge on any atom is -0.349 e. The first kappa shape index (κ1) is 18.0. The molecule has 0 radical (unpaired) electrons. The number of hydrogen-bond acceptors (Lipinski definition) is 3. The highest BCUT2D eigenvalue weighted by Gasteiger charge is 2.12. The molecular formula is C22H22N4O2. The number of aromatic amines is 1. The van der Waals surface area contributed by atoms with Gasteiger partial charge in [0.05, 0.1) is 6.33 Å². The monoisotopic (exact) mass is 374 g/mol. The van der Waals surface area contributed by atoms with Crippen LogP contribution in [0.3, 0.4) is 0 Å². The lowest BCUT2D eigenvalue weighted by molar-refractivity contribution is -0.116. The number of anilines is 1. The molecule has 6 nitrogen and oxygen atoms in total. The van der Waals surface area contributed by atoms with E-state index in [9.17, 15) is 9.59 Å². The molecule has 2 heterocycles. The Morgan fingerprint density at radius 1 is 1.11 bits per heavy atom. The van der Waals surface area contributed by atoms with E-state index in [-0.39, 0.29) is 24.4 Å². The first-order chi connectivity index (χ1) is 13.4. The van der Waals surface area contributed by atoms with Crippen LogP contribution in [0.4, 0.5) is 5.69 Å². The zero-order valence-electron chi connectivity index (χ0n) is 16.2. The van der Waals surface area contributed by atoms with E-state index < -0.39 is 0 Å². The molecule has 2 aromatic heterocycles. The van der Waals surface area contributed by atoms with Crippen LogP contribution in [0.15, 0.2) is 47.5 Å². The second-order valence-electron chi connectivity index (χ2n) is 7.24. The van der Waals surface area contributed by atoms with Crippen molar-refractivity contribution in [2.24, 2.45) is 0 Å². The van der Waals surface area contributed by atoms with Crippen LogP contribution in [0.2, 0.25) is 0 Å². The van der Waals surface area contributed by atoms with Gasteiger partial charge in [0, 0.05) is 29.6 Å². The molecule has 4 rings (SSSR count). The number of aromatic nitrogens is 3. The van der Waals surface area contributed by atoms with Gasteiger partial charge in [-0.3, -0.25) is 14.2 Å². The van der Waals surface area contributed by atoms with Crippen molar-refractivity contribution in [3.05, 3.63) is 69.8 Å². The van der Waals surface area contributed by atoms with Crippen LogP contribution in [0, 0.1) is 20.8 Å². The smallest absolute Gasteiger partial charge is 0.277 e. The molecule has 0 aliphatic heterocycles. The summed E-state index contributed by atoms with van der Waals surface area (Å²) in [7, 11) is 0. The standard InChI is InChI=1S/C22H22N4O2/c1-13-4-7-18-17(10-13)20-21(25-18)22(28)26(12-23-20)9-8-19(27)24-16-6-5-14(2)15(3)11-16/h4-7,10-12,25H,8-9H2,1-3H3,(H,24,27). The van der Waals surface area contributed by atoms with Crippen molar-refractivity contribution in [3.8, 4) is 0 Å². The number of carbonyl (C=O) groups is 1. The van der Waals surface area contributed by atoms with E-state index in [1.54, 1.807) is 0 Å². The second kappa shape index (κ2) is 6.96. The van der Waals surface area contributed by atoms with Crippen molar-refractivity contribution in [2.75, 3.05) is 5.32 Å². The van der Waals surface area contributed by atoms with Gasteiger partial charge in [0.25, 0.3) is 5.56 Å². The van der Waals surface area contributed by atoms with Crippen molar-refractivity contribution in [1.82, 2.24) is 14.5 Å². The maximum atomic E-state index is 12.8. The molecule has 28 heavy (non-hydrogen) atoms. The van der Waals surface area contributed by atoms with Gasteiger partial charge in [0.2, 0.25) is 5.91 Å². The van der Waals surface area contributed by atoms with Gasteiger partial charge in [-0.1, -0.05) is 17.7 Å². The lowest BCUT2D eigenvalue weighted by atomic mass is 10.1. The number of aryl methyl sites for hydroxylation is 4. The molecule has 2 aromatic carbocycles. The van der Waals surface area contributed by atoms with Crippen LogP contribution in [0.1, 0.15) is 23.1 Å². The van der Waals surface area contributed by atoms with E-state index in [2.05, 4.69) is 15.3 Å². The van der Waals surface area contributed by atoms with Gasteiger partial charge in [-0.25, -0.2) is 4.98 Å². The van der Waals surface area contributed by atoms with Gasteiger partial charge in [-0.05, 0) is 56.2 Å². The third kappa shape index (κ3) is 3.29. The number of nitrogens with one attached hydrogen (secondary N) is 2. The molecule has 0 aliphatic rings. The van der Waals surface area contributed by atoms with Crippen molar-refractivity contribution in [1.29, 1.82) is 0 Å². The summed E-state index contributed by atoms with van der Waals surface area (Å²) in [6.45, 7) is 6.32. The largest absolute Gasteiger partial charge is 0.349 e. The Balaban J connectivity index is 1.54. The number of carbonyl (C=O) groups excluding carboxylic acids is 1. The third-order valence-corrected chi connectivity index (χ3v) is 5.10. The lowest BCUT2D eigenvalue weighted by Crippen LogP contribution is -2.23. The molecule has 0 saturated heterocycles. The number of H-pyrrole nitrogens is 1. The Hall–Kier alpha value is -3.41. The van der Waals surface area contributed by atoms with Crippen LogP contribution in [0.25, 0.3) is 21.9 Å². The van der Waals surface area contributed by atoms with Crippen molar-refractivity contribution < 1.29 is 4.79 Å². The SMILES string of the molecule is Cc1ccc2[nH]c3c(=O)n(CCC(=O)Nc4ccc(C)c(C)c4)cnc3c2c1. The van der Waals surface area contributed by atoms with Crippen LogP contribution in [-0.4, -0.2) is 20.4 Å². The van der Waals surface area contributed by atoms with Crippen molar-refractivity contribution >= 4 is 33.5 Å². The summed E-state index contributed by atoms with van der Waals surface area (Å²) in [6, 6.07) is 11.8. The quantitative estimate of drug-likeness (QED) is 0.570. The fourth-order valence-electron chi connectivity index (χ4n) is 3.33. The first-order valence-corrected chi connectivity index (χ1v) is 9.27. The molecule has 0 atom stereocenters. The zero-order valence-corrected chi connectivity index (χ0v) is 16.2. The molecule has 0 unspecified atom stereocenters. The Bertz CT molecular complexity index is 1270. The van der Waals surface area contributed by atoms with E-state index in [1.807, 2.05) is 57.2 Å². The fourth-order valence-corrected chi connectivity index (χ4v) is 3.33. The highest BCUT2D eigenvalue weighted by atomic mass is 16.2. The molecule has 142 valence electrons. The van der Waals surface area contributed by atoms with E-state index >= 15 is 0 Å². The normalized spacial score (nSPS) is 11.2. The van der Waals surface area contributed by atoms with Gasteiger partial charge in [0.15, 0.2) is 0 Å². The summed E-state index contributed by atoms with van der Waals surface area (Å²) in [5, 5.41) is 3.82. The maximum absolute atomic E-state index is 12.8. The van der Waals surface area contributed by atoms with E-state index in [4.69, 9.17) is 0 Å². The van der Waals surface area contributed by atoms with Crippen molar-refractivity contribution in [2.45, 2.75) is 33.7 Å². The maximum Gasteiger partial charge on any atom is 0.277 e. The molecule has 0 spiro atoms. The number of rotatable bonds is 4. The van der Waals surface area contributed by atoms with E-state index in [0.717, 1.165) is 27.7 Å². The summed E-state index contributed by atoms with van der Waals surface area (Å²) >= 11 is 0. The average molecular weight is 374 g/mol. The Labute approximate surface area is 162 Å². The number of hydrogen-bond donors (Lipinski definition) is 2. The van der Waals surface area contributed by atoms with Gasteiger partial charge in [-0.15, -0.1) is 0 Å². The molecule has 6 heteroatoms. The predicted octanol–water partition coefficient (Wildman–Crippen LogP) is 3.83. The molecule has 0 bridgehead atoms. The fraction of sp³-hybridized carbons (Fsp3) is 0.227. The van der Waals surface area contributed by atoms with Gasteiger partial charge < -0.3 is 10.3 Å². The minimum absolute atomic E-state index is 0.137. The van der Waals surface area contributed by atoms with Crippen molar-refractivity contribution in [3.63, 3.8) is 0 Å². The molecule has 2 N–H and O–H groups in total. The lowest BCUT2D eigenvalue weighted by Gasteiger charge is -2.08. The zero-order chi connectivity index (χ0) is 19.8. The van der Waals surface area contributed by atoms with Crippen LogP contribution in [-0.2, 0) is 11.3 Å². The predicted molar refractivity (Wildman–Crippen MR) is 112 cm³/mol. The van der Waals surface area contributed by atoms with E-state index in [1.165, 1.54) is 16.5 Å². The molecular weight excluding hydrogens is 352 g/mol. The third-order valence-electron chi connectivity index (χ3n) is 5.10. The summed E-state index contributed by atoms with van der Waals surface area (Å²) in [6.07, 6.45) is 1.71. The van der Waals surface area contributed by atoms with Crippen LogP contribution >= 0.6 is 0 Å². The molecule has 4 aromatic rings. The van der Waals surface area contributed by atoms with E-state index in [0.29, 0.717) is 11.0 Å². The summed E-state index contributed by atoms with van der Waals surface area (Å²) in [5.41, 5.74) is 6.03. The summed E-state index contributed by atoms with van der Waals surface area (Å²) < 4.78 is 1.48. The molecule has 0 aliphatic carbocycles. The number of nitrogens with zero attached hydrogens (tertiary/aromatic N) is 2. The van der Waals surface area contributed by atoms with Gasteiger partial charge in [0.1, 0.15) is 11.0 Å². The minimum atomic E-state index is -0.169. The molecule has 0 fully saturated rings. The second-order valence-corrected chi connectivity index (χ2v) is 7.24. The highest BCUT2D eigenvalue weighted by molar-refractivity contribution is 6.04. The Kier molecular flexibility index (Phi) is 4.47. The van der Waals surface area contributed by atoms with Gasteiger partial charge in [-0.2, -0.15) is 0 Å². The Morgan fingerprint density at radius 3 is 2.71 bits per heavy atom. The molecule has 1 amide bonds.